The van der Waals surface area contributed by atoms with Crippen molar-refractivity contribution in [1.82, 2.24) is 9.97 Å². The molecule has 0 bridgehead atoms. The van der Waals surface area contributed by atoms with Crippen LogP contribution in [0, 0.1) is 0 Å². The standard InChI is InChI=1S/C36H24N2O2/c1-5-13-25(14-6-1)31-33(27-17-9-3-10-18-27)39-35(37-31)29-21-23-30(24-22-29)36-38-32(26-15-7-2-8-16-26)34(40-36)28-19-11-4-12-20-28/h1-24H. The summed E-state index contributed by atoms with van der Waals surface area (Å²) in [6.45, 7) is 0. The fraction of sp³-hybridized carbons (Fsp3) is 0. The molecular formula is C36H24N2O2. The Kier molecular flexibility index (Phi) is 6.11. The first kappa shape index (κ1) is 23.6. The Morgan fingerprint density at radius 2 is 0.600 bits per heavy atom. The Labute approximate surface area is 232 Å². The van der Waals surface area contributed by atoms with Gasteiger partial charge in [0.1, 0.15) is 11.4 Å². The SMILES string of the molecule is c1ccc(-c2nc(-c3ccc(-c4nc(-c5ccccc5)c(-c5ccccc5)o4)cc3)oc2-c2ccccc2)cc1. The van der Waals surface area contributed by atoms with Crippen molar-refractivity contribution >= 4 is 0 Å². The zero-order chi connectivity index (χ0) is 26.7. The van der Waals surface area contributed by atoms with E-state index in [1.54, 1.807) is 0 Å². The fourth-order valence-corrected chi connectivity index (χ4v) is 4.80. The molecule has 0 amide bonds. The van der Waals surface area contributed by atoms with Crippen molar-refractivity contribution in [2.24, 2.45) is 0 Å². The fourth-order valence-electron chi connectivity index (χ4n) is 4.80. The van der Waals surface area contributed by atoms with Gasteiger partial charge in [0.25, 0.3) is 0 Å². The molecule has 0 N–H and O–H groups in total. The van der Waals surface area contributed by atoms with Crippen LogP contribution in [0.5, 0.6) is 0 Å². The minimum Gasteiger partial charge on any atom is -0.435 e. The molecule has 7 aromatic rings. The zero-order valence-corrected chi connectivity index (χ0v) is 21.6. The minimum atomic E-state index is 0.562. The van der Waals surface area contributed by atoms with Crippen LogP contribution >= 0.6 is 0 Å². The summed E-state index contributed by atoms with van der Waals surface area (Å²) in [5.74, 6) is 2.62. The van der Waals surface area contributed by atoms with Gasteiger partial charge in [-0.2, -0.15) is 0 Å². The zero-order valence-electron chi connectivity index (χ0n) is 21.6. The van der Waals surface area contributed by atoms with Crippen molar-refractivity contribution in [3.63, 3.8) is 0 Å². The maximum atomic E-state index is 6.38. The van der Waals surface area contributed by atoms with Crippen molar-refractivity contribution in [3.05, 3.63) is 146 Å². The third kappa shape index (κ3) is 4.52. The maximum absolute atomic E-state index is 6.38. The molecule has 40 heavy (non-hydrogen) atoms. The predicted octanol–water partition coefficient (Wildman–Crippen LogP) is 9.66. The molecule has 0 fully saturated rings. The second-order valence-corrected chi connectivity index (χ2v) is 9.43. The van der Waals surface area contributed by atoms with E-state index in [2.05, 4.69) is 0 Å². The topological polar surface area (TPSA) is 52.1 Å². The Morgan fingerprint density at radius 1 is 0.300 bits per heavy atom. The van der Waals surface area contributed by atoms with Gasteiger partial charge in [-0.3, -0.25) is 0 Å². The van der Waals surface area contributed by atoms with Gasteiger partial charge in [-0.05, 0) is 24.3 Å². The molecule has 0 atom stereocenters. The Hall–Kier alpha value is -5.48. The number of hydrogen-bond acceptors (Lipinski definition) is 4. The molecule has 190 valence electrons. The molecule has 7 rings (SSSR count). The molecule has 0 radical (unpaired) electrons. The average molecular weight is 517 g/mol. The van der Waals surface area contributed by atoms with Crippen LogP contribution in [0.25, 0.3) is 68.1 Å². The van der Waals surface area contributed by atoms with Crippen molar-refractivity contribution < 1.29 is 8.83 Å². The molecule has 0 unspecified atom stereocenters. The van der Waals surface area contributed by atoms with Crippen LogP contribution in [-0.4, -0.2) is 9.97 Å². The van der Waals surface area contributed by atoms with Crippen molar-refractivity contribution in [1.29, 1.82) is 0 Å². The number of aromatic nitrogens is 2. The molecule has 0 spiro atoms. The van der Waals surface area contributed by atoms with E-state index < -0.39 is 0 Å². The molecule has 2 heterocycles. The Balaban J connectivity index is 1.28. The van der Waals surface area contributed by atoms with E-state index in [-0.39, 0.29) is 0 Å². The largest absolute Gasteiger partial charge is 0.435 e. The summed E-state index contributed by atoms with van der Waals surface area (Å²) in [4.78, 5) is 9.84. The van der Waals surface area contributed by atoms with E-state index in [0.717, 1.165) is 56.3 Å². The lowest BCUT2D eigenvalue weighted by molar-refractivity contribution is 0.587. The number of rotatable bonds is 6. The molecule has 4 heteroatoms. The van der Waals surface area contributed by atoms with Crippen LogP contribution in [0.3, 0.4) is 0 Å². The third-order valence-corrected chi connectivity index (χ3v) is 6.80. The van der Waals surface area contributed by atoms with Gasteiger partial charge in [0, 0.05) is 33.4 Å². The van der Waals surface area contributed by atoms with Crippen LogP contribution in [-0.2, 0) is 0 Å². The number of oxazole rings is 2. The van der Waals surface area contributed by atoms with Gasteiger partial charge in [0.05, 0.1) is 0 Å². The lowest BCUT2D eigenvalue weighted by Gasteiger charge is -2.01. The maximum Gasteiger partial charge on any atom is 0.227 e. The smallest absolute Gasteiger partial charge is 0.227 e. The lowest BCUT2D eigenvalue weighted by atomic mass is 10.1. The highest BCUT2D eigenvalue weighted by Crippen LogP contribution is 2.38. The van der Waals surface area contributed by atoms with Gasteiger partial charge >= 0.3 is 0 Å². The first-order valence-corrected chi connectivity index (χ1v) is 13.2. The molecule has 0 saturated heterocycles. The predicted molar refractivity (Wildman–Crippen MR) is 159 cm³/mol. The number of nitrogens with zero attached hydrogens (tertiary/aromatic N) is 2. The van der Waals surface area contributed by atoms with E-state index in [4.69, 9.17) is 18.8 Å². The molecule has 0 saturated carbocycles. The molecule has 2 aromatic heterocycles. The molecule has 0 aliphatic rings. The first-order chi connectivity index (χ1) is 19.8. The van der Waals surface area contributed by atoms with Crippen LogP contribution in [0.4, 0.5) is 0 Å². The van der Waals surface area contributed by atoms with Crippen LogP contribution in [0.1, 0.15) is 0 Å². The van der Waals surface area contributed by atoms with E-state index in [0.29, 0.717) is 11.8 Å². The second kappa shape index (κ2) is 10.4. The van der Waals surface area contributed by atoms with E-state index in [1.165, 1.54) is 0 Å². The summed E-state index contributed by atoms with van der Waals surface area (Å²) in [6.07, 6.45) is 0. The van der Waals surface area contributed by atoms with Crippen LogP contribution < -0.4 is 0 Å². The molecular weight excluding hydrogens is 492 g/mol. The highest BCUT2D eigenvalue weighted by Gasteiger charge is 2.20. The normalized spacial score (nSPS) is 11.0. The summed E-state index contributed by atoms with van der Waals surface area (Å²) in [5, 5.41) is 0. The third-order valence-electron chi connectivity index (χ3n) is 6.80. The Bertz CT molecular complexity index is 1600. The van der Waals surface area contributed by atoms with Crippen molar-refractivity contribution in [3.8, 4) is 68.1 Å². The summed E-state index contributed by atoms with van der Waals surface area (Å²) >= 11 is 0. The van der Waals surface area contributed by atoms with E-state index >= 15 is 0 Å². The summed E-state index contributed by atoms with van der Waals surface area (Å²) in [5.41, 5.74) is 7.38. The molecule has 5 aromatic carbocycles. The van der Waals surface area contributed by atoms with Gasteiger partial charge in [0.2, 0.25) is 11.8 Å². The van der Waals surface area contributed by atoms with Gasteiger partial charge in [-0.1, -0.05) is 121 Å². The molecule has 0 aliphatic heterocycles. The lowest BCUT2D eigenvalue weighted by Crippen LogP contribution is -1.83. The summed E-state index contributed by atoms with van der Waals surface area (Å²) in [6, 6.07) is 48.4. The highest BCUT2D eigenvalue weighted by molar-refractivity contribution is 5.81. The van der Waals surface area contributed by atoms with Crippen LogP contribution in [0.15, 0.2) is 154 Å². The quantitative estimate of drug-likeness (QED) is 0.221. The van der Waals surface area contributed by atoms with Gasteiger partial charge < -0.3 is 8.83 Å². The first-order valence-electron chi connectivity index (χ1n) is 13.2. The minimum absolute atomic E-state index is 0.562. The van der Waals surface area contributed by atoms with Crippen molar-refractivity contribution in [2.75, 3.05) is 0 Å². The number of hydrogen-bond donors (Lipinski definition) is 0. The molecule has 0 aliphatic carbocycles. The van der Waals surface area contributed by atoms with Crippen molar-refractivity contribution in [2.45, 2.75) is 0 Å². The average Bonchev–Trinajstić information content (AvgIpc) is 3.69. The van der Waals surface area contributed by atoms with E-state index in [1.807, 2.05) is 146 Å². The second-order valence-electron chi connectivity index (χ2n) is 9.43. The van der Waals surface area contributed by atoms with Crippen LogP contribution in [0.2, 0.25) is 0 Å². The summed E-state index contributed by atoms with van der Waals surface area (Å²) in [7, 11) is 0. The van der Waals surface area contributed by atoms with Gasteiger partial charge in [-0.15, -0.1) is 0 Å². The van der Waals surface area contributed by atoms with Gasteiger partial charge in [0.15, 0.2) is 11.5 Å². The number of benzene rings is 5. The summed E-state index contributed by atoms with van der Waals surface area (Å²) < 4.78 is 12.8. The highest BCUT2D eigenvalue weighted by atomic mass is 16.4. The van der Waals surface area contributed by atoms with E-state index in [9.17, 15) is 0 Å². The monoisotopic (exact) mass is 516 g/mol. The Morgan fingerprint density at radius 3 is 0.925 bits per heavy atom. The van der Waals surface area contributed by atoms with Gasteiger partial charge in [-0.25, -0.2) is 9.97 Å². The molecule has 4 nitrogen and oxygen atoms in total.